The molecule has 4 nitrogen and oxygen atoms in total. The van der Waals surface area contributed by atoms with E-state index in [9.17, 15) is 9.18 Å². The summed E-state index contributed by atoms with van der Waals surface area (Å²) in [6.07, 6.45) is -0.786. The van der Waals surface area contributed by atoms with Gasteiger partial charge in [-0.05, 0) is 40.8 Å². The minimum absolute atomic E-state index is 0.273. The van der Waals surface area contributed by atoms with Crippen LogP contribution in [0.2, 0.25) is 0 Å². The van der Waals surface area contributed by atoms with Crippen molar-refractivity contribution in [2.45, 2.75) is 6.10 Å². The first-order valence-corrected chi connectivity index (χ1v) is 5.83. The molecule has 0 bridgehead atoms. The van der Waals surface area contributed by atoms with Crippen LogP contribution in [0.3, 0.4) is 0 Å². The fraction of sp³-hybridized carbons (Fsp3) is 0.300. The number of carbonyl (C=O) groups excluding carboxylic acids is 1. The van der Waals surface area contributed by atoms with Gasteiger partial charge in [0.1, 0.15) is 11.9 Å². The van der Waals surface area contributed by atoms with Crippen LogP contribution < -0.4 is 10.6 Å². The van der Waals surface area contributed by atoms with Crippen LogP contribution in [0.5, 0.6) is 0 Å². The Balaban J connectivity index is 2.24. The SMILES string of the molecule is NCC1CN(c2ccc(I)c(F)c2)C(=O)O1. The second-order valence-electron chi connectivity index (χ2n) is 3.45. The monoisotopic (exact) mass is 336 g/mol. The van der Waals surface area contributed by atoms with Crippen molar-refractivity contribution in [3.8, 4) is 0 Å². The number of carbonyl (C=O) groups is 1. The first-order chi connectivity index (χ1) is 7.61. The number of rotatable bonds is 2. The van der Waals surface area contributed by atoms with Gasteiger partial charge in [0.05, 0.1) is 12.2 Å². The summed E-state index contributed by atoms with van der Waals surface area (Å²) in [5, 5.41) is 0. The lowest BCUT2D eigenvalue weighted by molar-refractivity contribution is 0.145. The molecule has 1 aliphatic rings. The summed E-state index contributed by atoms with van der Waals surface area (Å²) in [6.45, 7) is 0.643. The Bertz CT molecular complexity index is 427. The fourth-order valence-corrected chi connectivity index (χ4v) is 1.84. The van der Waals surface area contributed by atoms with Crippen LogP contribution in [-0.2, 0) is 4.74 Å². The predicted octanol–water partition coefficient (Wildman–Crippen LogP) is 1.71. The maximum atomic E-state index is 13.3. The highest BCUT2D eigenvalue weighted by Crippen LogP contribution is 2.24. The number of amides is 1. The summed E-state index contributed by atoms with van der Waals surface area (Å²) in [7, 11) is 0. The van der Waals surface area contributed by atoms with Gasteiger partial charge in [0.2, 0.25) is 0 Å². The van der Waals surface area contributed by atoms with Gasteiger partial charge < -0.3 is 10.5 Å². The van der Waals surface area contributed by atoms with Crippen molar-refractivity contribution in [1.82, 2.24) is 0 Å². The largest absolute Gasteiger partial charge is 0.443 e. The van der Waals surface area contributed by atoms with Crippen molar-refractivity contribution >= 4 is 34.4 Å². The van der Waals surface area contributed by atoms with Gasteiger partial charge in [-0.2, -0.15) is 0 Å². The Labute approximate surface area is 106 Å². The van der Waals surface area contributed by atoms with E-state index in [1.807, 2.05) is 22.6 Å². The van der Waals surface area contributed by atoms with Crippen LogP contribution in [0.4, 0.5) is 14.9 Å². The minimum atomic E-state index is -0.476. The molecule has 16 heavy (non-hydrogen) atoms. The van der Waals surface area contributed by atoms with Crippen LogP contribution in [0.1, 0.15) is 0 Å². The van der Waals surface area contributed by atoms with Crippen LogP contribution in [0.15, 0.2) is 18.2 Å². The number of ether oxygens (including phenoxy) is 1. The van der Waals surface area contributed by atoms with E-state index < -0.39 is 6.09 Å². The lowest BCUT2D eigenvalue weighted by atomic mass is 10.2. The van der Waals surface area contributed by atoms with E-state index in [4.69, 9.17) is 10.5 Å². The van der Waals surface area contributed by atoms with E-state index in [1.54, 1.807) is 12.1 Å². The number of nitrogens with two attached hydrogens (primary N) is 1. The van der Waals surface area contributed by atoms with Crippen molar-refractivity contribution < 1.29 is 13.9 Å². The van der Waals surface area contributed by atoms with Gasteiger partial charge in [0, 0.05) is 10.1 Å². The molecule has 1 atom stereocenters. The van der Waals surface area contributed by atoms with Crippen molar-refractivity contribution in [3.63, 3.8) is 0 Å². The normalized spacial score (nSPS) is 20.1. The second-order valence-corrected chi connectivity index (χ2v) is 4.61. The molecule has 6 heteroatoms. The summed E-state index contributed by atoms with van der Waals surface area (Å²) in [4.78, 5) is 12.8. The fourth-order valence-electron chi connectivity index (χ4n) is 1.51. The standard InChI is InChI=1S/C10H10FIN2O2/c11-8-3-6(1-2-9(8)12)14-5-7(4-13)16-10(14)15/h1-3,7H,4-5,13H2. The average molecular weight is 336 g/mol. The molecule has 2 N–H and O–H groups in total. The second kappa shape index (κ2) is 4.54. The Morgan fingerprint density at radius 1 is 1.62 bits per heavy atom. The van der Waals surface area contributed by atoms with Gasteiger partial charge in [-0.25, -0.2) is 9.18 Å². The molecule has 0 aromatic heterocycles. The highest BCUT2D eigenvalue weighted by Gasteiger charge is 2.31. The summed E-state index contributed by atoms with van der Waals surface area (Å²) in [5.74, 6) is -0.345. The molecule has 1 amide bonds. The molecule has 86 valence electrons. The molecular formula is C10H10FIN2O2. The van der Waals surface area contributed by atoms with Gasteiger partial charge in [-0.1, -0.05) is 0 Å². The summed E-state index contributed by atoms with van der Waals surface area (Å²) in [5.41, 5.74) is 5.91. The first-order valence-electron chi connectivity index (χ1n) is 4.75. The predicted molar refractivity (Wildman–Crippen MR) is 65.8 cm³/mol. The third-order valence-electron chi connectivity index (χ3n) is 2.35. The molecule has 0 spiro atoms. The lowest BCUT2D eigenvalue weighted by Crippen LogP contribution is -2.27. The zero-order chi connectivity index (χ0) is 11.7. The first kappa shape index (κ1) is 11.6. The van der Waals surface area contributed by atoms with E-state index in [1.165, 1.54) is 11.0 Å². The zero-order valence-corrected chi connectivity index (χ0v) is 10.5. The smallest absolute Gasteiger partial charge is 0.414 e. The van der Waals surface area contributed by atoms with Gasteiger partial charge in [-0.3, -0.25) is 4.90 Å². The number of nitrogens with zero attached hydrogens (tertiary/aromatic N) is 1. The third kappa shape index (κ3) is 2.12. The number of anilines is 1. The Hall–Kier alpha value is -0.890. The van der Waals surface area contributed by atoms with Gasteiger partial charge in [0.25, 0.3) is 0 Å². The number of halogens is 2. The van der Waals surface area contributed by atoms with E-state index in [2.05, 4.69) is 0 Å². The quantitative estimate of drug-likeness (QED) is 0.837. The molecule has 0 saturated carbocycles. The zero-order valence-electron chi connectivity index (χ0n) is 8.32. The molecule has 1 heterocycles. The Morgan fingerprint density at radius 3 is 2.94 bits per heavy atom. The van der Waals surface area contributed by atoms with Crippen LogP contribution >= 0.6 is 22.6 Å². The van der Waals surface area contributed by atoms with E-state index >= 15 is 0 Å². The molecule has 1 saturated heterocycles. The number of hydrogen-bond donors (Lipinski definition) is 1. The lowest BCUT2D eigenvalue weighted by Gasteiger charge is -2.12. The highest BCUT2D eigenvalue weighted by atomic mass is 127. The maximum Gasteiger partial charge on any atom is 0.414 e. The van der Waals surface area contributed by atoms with Gasteiger partial charge >= 0.3 is 6.09 Å². The molecule has 1 fully saturated rings. The maximum absolute atomic E-state index is 13.3. The van der Waals surface area contributed by atoms with E-state index in [-0.39, 0.29) is 18.5 Å². The summed E-state index contributed by atoms with van der Waals surface area (Å²) < 4.78 is 18.8. The van der Waals surface area contributed by atoms with Gasteiger partial charge in [0.15, 0.2) is 0 Å². The number of hydrogen-bond acceptors (Lipinski definition) is 3. The molecule has 0 aliphatic carbocycles. The molecule has 1 unspecified atom stereocenters. The summed E-state index contributed by atoms with van der Waals surface area (Å²) >= 11 is 1.89. The van der Waals surface area contributed by atoms with Crippen molar-refractivity contribution in [2.24, 2.45) is 5.73 Å². The van der Waals surface area contributed by atoms with Crippen molar-refractivity contribution in [3.05, 3.63) is 27.6 Å². The van der Waals surface area contributed by atoms with E-state index in [0.29, 0.717) is 15.8 Å². The topological polar surface area (TPSA) is 55.6 Å². The van der Waals surface area contributed by atoms with Crippen LogP contribution in [-0.4, -0.2) is 25.3 Å². The molecule has 0 radical (unpaired) electrons. The highest BCUT2D eigenvalue weighted by molar-refractivity contribution is 14.1. The molecule has 1 aromatic carbocycles. The number of benzene rings is 1. The van der Waals surface area contributed by atoms with Crippen LogP contribution in [0.25, 0.3) is 0 Å². The Morgan fingerprint density at radius 2 is 2.38 bits per heavy atom. The Kier molecular flexibility index (Phi) is 3.29. The average Bonchev–Trinajstić information content (AvgIpc) is 2.64. The molecule has 1 aliphatic heterocycles. The molecular weight excluding hydrogens is 326 g/mol. The molecule has 1 aromatic rings. The van der Waals surface area contributed by atoms with E-state index in [0.717, 1.165) is 0 Å². The van der Waals surface area contributed by atoms with Crippen LogP contribution in [0, 0.1) is 9.39 Å². The summed E-state index contributed by atoms with van der Waals surface area (Å²) in [6, 6.07) is 4.63. The van der Waals surface area contributed by atoms with Crippen molar-refractivity contribution in [1.29, 1.82) is 0 Å². The molecule has 2 rings (SSSR count). The van der Waals surface area contributed by atoms with Crippen molar-refractivity contribution in [2.75, 3.05) is 18.0 Å². The minimum Gasteiger partial charge on any atom is -0.443 e. The van der Waals surface area contributed by atoms with Gasteiger partial charge in [-0.15, -0.1) is 0 Å². The number of cyclic esters (lactones) is 1. The third-order valence-corrected chi connectivity index (χ3v) is 3.23.